The zero-order valence-corrected chi connectivity index (χ0v) is 12.0. The van der Waals surface area contributed by atoms with Gasteiger partial charge in [0.15, 0.2) is 5.17 Å². The van der Waals surface area contributed by atoms with Crippen LogP contribution in [0.4, 0.5) is 13.2 Å². The maximum absolute atomic E-state index is 12.9. The average Bonchev–Trinajstić information content (AvgIpc) is 2.44. The third-order valence-corrected chi connectivity index (χ3v) is 4.20. The van der Waals surface area contributed by atoms with E-state index in [0.29, 0.717) is 6.04 Å². The Morgan fingerprint density at radius 2 is 2.10 bits per heavy atom. The smallest absolute Gasteiger partial charge is 0.362 e. The van der Waals surface area contributed by atoms with Crippen molar-refractivity contribution in [2.45, 2.75) is 38.5 Å². The fraction of sp³-hybridized carbons (Fsp3) is 0.500. The summed E-state index contributed by atoms with van der Waals surface area (Å²) in [7, 11) is 0. The molecule has 0 aliphatic carbocycles. The van der Waals surface area contributed by atoms with Gasteiger partial charge in [-0.1, -0.05) is 36.9 Å². The van der Waals surface area contributed by atoms with Gasteiger partial charge in [-0.15, -0.1) is 0 Å². The minimum absolute atomic E-state index is 0.0570. The summed E-state index contributed by atoms with van der Waals surface area (Å²) in [6.45, 7) is 2.14. The van der Waals surface area contributed by atoms with Gasteiger partial charge in [-0.2, -0.15) is 13.2 Å². The molecule has 1 atom stereocenters. The lowest BCUT2D eigenvalue weighted by Crippen LogP contribution is -2.37. The number of hydrogen-bond donors (Lipinski definition) is 1. The summed E-state index contributed by atoms with van der Waals surface area (Å²) in [6.07, 6.45) is -2.26. The Hall–Kier alpha value is -1.17. The molecular formula is C14H17F3N2S. The van der Waals surface area contributed by atoms with Gasteiger partial charge in [-0.25, -0.2) is 0 Å². The lowest BCUT2D eigenvalue weighted by molar-refractivity contribution is -0.138. The molecule has 0 spiro atoms. The van der Waals surface area contributed by atoms with E-state index in [2.05, 4.69) is 17.2 Å². The van der Waals surface area contributed by atoms with Crippen molar-refractivity contribution in [2.24, 2.45) is 4.99 Å². The second-order valence-corrected chi connectivity index (χ2v) is 5.75. The van der Waals surface area contributed by atoms with Crippen molar-refractivity contribution < 1.29 is 13.2 Å². The first kappa shape index (κ1) is 15.2. The van der Waals surface area contributed by atoms with Crippen molar-refractivity contribution in [2.75, 3.05) is 5.75 Å². The highest BCUT2D eigenvalue weighted by atomic mass is 32.2. The molecule has 1 aromatic carbocycles. The van der Waals surface area contributed by atoms with Gasteiger partial charge in [0.05, 0.1) is 12.1 Å². The summed E-state index contributed by atoms with van der Waals surface area (Å²) in [5, 5.41) is 4.01. The number of aliphatic imine (C=N–C) groups is 1. The van der Waals surface area contributed by atoms with E-state index in [4.69, 9.17) is 0 Å². The van der Waals surface area contributed by atoms with Crippen LogP contribution in [0.2, 0.25) is 0 Å². The van der Waals surface area contributed by atoms with Crippen molar-refractivity contribution in [1.82, 2.24) is 5.32 Å². The maximum atomic E-state index is 12.9. The standard InChI is InChI=1S/C14H17F3N2S/c1-2-11-7-8-20-13(19-11)18-9-10-5-3-4-6-12(10)14(15,16)17/h3-6,11H,2,7-9H2,1H3,(H,18,19). The Morgan fingerprint density at radius 1 is 1.35 bits per heavy atom. The summed E-state index contributed by atoms with van der Waals surface area (Å²) in [5.74, 6) is 0.964. The van der Waals surface area contributed by atoms with Gasteiger partial charge in [0.25, 0.3) is 0 Å². The van der Waals surface area contributed by atoms with Crippen LogP contribution in [0.15, 0.2) is 29.3 Å². The molecule has 1 fully saturated rings. The molecule has 2 rings (SSSR count). The Morgan fingerprint density at radius 3 is 2.80 bits per heavy atom. The maximum Gasteiger partial charge on any atom is 0.416 e. The van der Waals surface area contributed by atoms with Crippen molar-refractivity contribution in [1.29, 1.82) is 0 Å². The summed E-state index contributed by atoms with van der Waals surface area (Å²) in [6, 6.07) is 5.98. The minimum Gasteiger partial charge on any atom is -0.362 e. The topological polar surface area (TPSA) is 24.4 Å². The van der Waals surface area contributed by atoms with E-state index < -0.39 is 11.7 Å². The van der Waals surface area contributed by atoms with E-state index in [0.717, 1.165) is 29.8 Å². The molecule has 0 amide bonds. The Labute approximate surface area is 120 Å². The quantitative estimate of drug-likeness (QED) is 0.910. The number of hydrogen-bond acceptors (Lipinski definition) is 2. The number of nitrogens with one attached hydrogen (secondary N) is 1. The van der Waals surface area contributed by atoms with Gasteiger partial charge in [-0.05, 0) is 24.5 Å². The van der Waals surface area contributed by atoms with Crippen LogP contribution in [0.5, 0.6) is 0 Å². The fourth-order valence-electron chi connectivity index (χ4n) is 2.08. The van der Waals surface area contributed by atoms with E-state index in [-0.39, 0.29) is 12.1 Å². The molecule has 2 nitrogen and oxygen atoms in total. The lowest BCUT2D eigenvalue weighted by Gasteiger charge is -2.24. The number of rotatable bonds is 3. The van der Waals surface area contributed by atoms with Crippen molar-refractivity contribution in [3.63, 3.8) is 0 Å². The average molecular weight is 302 g/mol. The monoisotopic (exact) mass is 302 g/mol. The van der Waals surface area contributed by atoms with Crippen molar-refractivity contribution >= 4 is 16.9 Å². The third kappa shape index (κ3) is 3.91. The normalized spacial score (nSPS) is 21.8. The lowest BCUT2D eigenvalue weighted by atomic mass is 10.1. The number of halogens is 3. The minimum atomic E-state index is -4.32. The third-order valence-electron chi connectivity index (χ3n) is 3.24. The second kappa shape index (κ2) is 6.52. The van der Waals surface area contributed by atoms with Crippen LogP contribution in [0.3, 0.4) is 0 Å². The highest BCUT2D eigenvalue weighted by Gasteiger charge is 2.32. The Bertz CT molecular complexity index is 486. The van der Waals surface area contributed by atoms with E-state index in [1.807, 2.05) is 0 Å². The van der Waals surface area contributed by atoms with E-state index >= 15 is 0 Å². The van der Waals surface area contributed by atoms with Crippen LogP contribution >= 0.6 is 11.8 Å². The summed E-state index contributed by atoms with van der Waals surface area (Å²) in [5.41, 5.74) is -0.384. The predicted octanol–water partition coefficient (Wildman–Crippen LogP) is 4.07. The predicted molar refractivity (Wildman–Crippen MR) is 76.9 cm³/mol. The van der Waals surface area contributed by atoms with Crippen LogP contribution in [0.25, 0.3) is 0 Å². The van der Waals surface area contributed by atoms with E-state index in [9.17, 15) is 13.2 Å². The second-order valence-electron chi connectivity index (χ2n) is 4.66. The molecule has 6 heteroatoms. The van der Waals surface area contributed by atoms with Gasteiger partial charge < -0.3 is 5.32 Å². The zero-order valence-electron chi connectivity index (χ0n) is 11.2. The first-order valence-electron chi connectivity index (χ1n) is 6.59. The molecule has 0 bridgehead atoms. The van der Waals surface area contributed by atoms with Crippen molar-refractivity contribution in [3.8, 4) is 0 Å². The highest BCUT2D eigenvalue weighted by Crippen LogP contribution is 2.32. The molecule has 1 N–H and O–H groups in total. The Balaban J connectivity index is 2.11. The molecule has 1 aliphatic rings. The number of alkyl halides is 3. The van der Waals surface area contributed by atoms with E-state index in [1.165, 1.54) is 12.1 Å². The summed E-state index contributed by atoms with van der Waals surface area (Å²) in [4.78, 5) is 4.29. The van der Waals surface area contributed by atoms with Gasteiger partial charge in [-0.3, -0.25) is 4.99 Å². The zero-order chi connectivity index (χ0) is 14.6. The molecule has 1 aliphatic heterocycles. The number of benzene rings is 1. The van der Waals surface area contributed by atoms with Crippen LogP contribution in [0, 0.1) is 0 Å². The number of thioether (sulfide) groups is 1. The number of nitrogens with zero attached hydrogens (tertiary/aromatic N) is 1. The van der Waals surface area contributed by atoms with Gasteiger partial charge in [0.1, 0.15) is 0 Å². The van der Waals surface area contributed by atoms with E-state index in [1.54, 1.807) is 17.8 Å². The summed E-state index contributed by atoms with van der Waals surface area (Å²) >= 11 is 1.57. The summed E-state index contributed by atoms with van der Waals surface area (Å²) < 4.78 is 38.6. The largest absolute Gasteiger partial charge is 0.416 e. The first-order chi connectivity index (χ1) is 9.50. The molecule has 0 aromatic heterocycles. The molecule has 1 heterocycles. The molecule has 110 valence electrons. The molecule has 0 saturated carbocycles. The highest BCUT2D eigenvalue weighted by molar-refractivity contribution is 8.13. The van der Waals surface area contributed by atoms with Crippen LogP contribution in [-0.4, -0.2) is 17.0 Å². The fourth-order valence-corrected chi connectivity index (χ4v) is 3.08. The molecule has 0 radical (unpaired) electrons. The molecule has 1 saturated heterocycles. The molecule has 20 heavy (non-hydrogen) atoms. The van der Waals surface area contributed by atoms with Crippen LogP contribution in [-0.2, 0) is 12.7 Å². The number of amidine groups is 1. The molecular weight excluding hydrogens is 285 g/mol. The SMILES string of the molecule is CCC1CCSC(=NCc2ccccc2C(F)(F)F)N1. The molecule has 1 unspecified atom stereocenters. The van der Waals surface area contributed by atoms with Gasteiger partial charge >= 0.3 is 6.18 Å². The van der Waals surface area contributed by atoms with Crippen LogP contribution in [0.1, 0.15) is 30.9 Å². The van der Waals surface area contributed by atoms with Crippen molar-refractivity contribution in [3.05, 3.63) is 35.4 Å². The Kier molecular flexibility index (Phi) is 4.96. The van der Waals surface area contributed by atoms with Gasteiger partial charge in [0.2, 0.25) is 0 Å². The van der Waals surface area contributed by atoms with Gasteiger partial charge in [0, 0.05) is 11.8 Å². The first-order valence-corrected chi connectivity index (χ1v) is 7.58. The van der Waals surface area contributed by atoms with Crippen LogP contribution < -0.4 is 5.32 Å². The molecule has 1 aromatic rings.